The number of aryl methyl sites for hydroxylation is 1. The van der Waals surface area contributed by atoms with Crippen molar-refractivity contribution in [2.75, 3.05) is 6.54 Å². The van der Waals surface area contributed by atoms with Crippen molar-refractivity contribution in [3.05, 3.63) is 69.7 Å². The zero-order valence-corrected chi connectivity index (χ0v) is 12.1. The van der Waals surface area contributed by atoms with Crippen molar-refractivity contribution in [3.63, 3.8) is 0 Å². The topological polar surface area (TPSA) is 12.0 Å². The van der Waals surface area contributed by atoms with E-state index in [0.29, 0.717) is 28.3 Å². The molecular weight excluding hydrogens is 280 g/mol. The van der Waals surface area contributed by atoms with Gasteiger partial charge in [0.15, 0.2) is 0 Å². The molecule has 0 aromatic heterocycles. The van der Waals surface area contributed by atoms with E-state index in [1.165, 1.54) is 12.1 Å². The van der Waals surface area contributed by atoms with Gasteiger partial charge in [-0.05, 0) is 42.8 Å². The van der Waals surface area contributed by atoms with Crippen LogP contribution in [-0.2, 0) is 0 Å². The fraction of sp³-hybridized carbons (Fsp3) is 0.250. The van der Waals surface area contributed by atoms with Crippen LogP contribution in [0.2, 0.25) is 5.02 Å². The molecule has 0 fully saturated rings. The molecule has 20 heavy (non-hydrogen) atoms. The number of rotatable bonds is 4. The van der Waals surface area contributed by atoms with Gasteiger partial charge in [0.05, 0.1) is 6.04 Å². The molecule has 0 spiro atoms. The zero-order valence-electron chi connectivity index (χ0n) is 11.4. The number of benzene rings is 2. The molecule has 2 aromatic rings. The fourth-order valence-electron chi connectivity index (χ4n) is 2.14. The zero-order chi connectivity index (χ0) is 14.7. The van der Waals surface area contributed by atoms with Gasteiger partial charge in [-0.3, -0.25) is 0 Å². The van der Waals surface area contributed by atoms with Crippen molar-refractivity contribution in [1.29, 1.82) is 0 Å². The Hall–Kier alpha value is -1.45. The lowest BCUT2D eigenvalue weighted by molar-refractivity contribution is 0.554. The third kappa shape index (κ3) is 3.17. The molecule has 1 atom stereocenters. The summed E-state index contributed by atoms with van der Waals surface area (Å²) >= 11 is 5.77. The van der Waals surface area contributed by atoms with E-state index in [0.717, 1.165) is 0 Å². The van der Waals surface area contributed by atoms with Crippen LogP contribution in [0, 0.1) is 18.6 Å². The molecule has 2 aromatic carbocycles. The van der Waals surface area contributed by atoms with Crippen LogP contribution in [0.25, 0.3) is 0 Å². The molecular formula is C16H16ClF2N. The molecule has 0 aliphatic heterocycles. The number of nitrogens with one attached hydrogen (secondary N) is 1. The molecule has 1 unspecified atom stereocenters. The molecule has 0 saturated carbocycles. The molecule has 0 saturated heterocycles. The van der Waals surface area contributed by atoms with Crippen LogP contribution in [0.4, 0.5) is 8.78 Å². The van der Waals surface area contributed by atoms with E-state index >= 15 is 0 Å². The summed E-state index contributed by atoms with van der Waals surface area (Å²) in [5, 5.41) is 3.52. The second-order valence-electron chi connectivity index (χ2n) is 4.67. The minimum absolute atomic E-state index is 0.292. The van der Waals surface area contributed by atoms with Gasteiger partial charge >= 0.3 is 0 Å². The predicted molar refractivity (Wildman–Crippen MR) is 78.1 cm³/mol. The normalized spacial score (nSPS) is 12.4. The first-order valence-electron chi connectivity index (χ1n) is 6.47. The lowest BCUT2D eigenvalue weighted by Crippen LogP contribution is -2.23. The van der Waals surface area contributed by atoms with Gasteiger partial charge in [0.2, 0.25) is 0 Å². The van der Waals surface area contributed by atoms with Gasteiger partial charge in [-0.25, -0.2) is 8.78 Å². The van der Waals surface area contributed by atoms with E-state index < -0.39 is 11.9 Å². The molecule has 0 amide bonds. The Labute approximate surface area is 122 Å². The maximum absolute atomic E-state index is 14.1. The first kappa shape index (κ1) is 14.9. The van der Waals surface area contributed by atoms with Crippen molar-refractivity contribution < 1.29 is 8.78 Å². The van der Waals surface area contributed by atoms with Crippen LogP contribution in [-0.4, -0.2) is 6.54 Å². The standard InChI is InChI=1S/C16H16ClF2N/c1-3-20-16(11-5-4-10(2)14(18)8-11)13-7-6-12(17)9-15(13)19/h4-9,16,20H,3H2,1-2H3. The van der Waals surface area contributed by atoms with Gasteiger partial charge in [-0.2, -0.15) is 0 Å². The molecule has 4 heteroatoms. The Morgan fingerprint density at radius 2 is 1.85 bits per heavy atom. The monoisotopic (exact) mass is 295 g/mol. The first-order chi connectivity index (χ1) is 9.52. The summed E-state index contributed by atoms with van der Waals surface area (Å²) in [7, 11) is 0. The Balaban J connectivity index is 2.47. The lowest BCUT2D eigenvalue weighted by atomic mass is 9.97. The summed E-state index contributed by atoms with van der Waals surface area (Å²) in [5.41, 5.74) is 1.72. The largest absolute Gasteiger partial charge is 0.306 e. The Morgan fingerprint density at radius 1 is 1.10 bits per heavy atom. The van der Waals surface area contributed by atoms with Crippen molar-refractivity contribution in [1.82, 2.24) is 5.32 Å². The molecule has 0 radical (unpaired) electrons. The highest BCUT2D eigenvalue weighted by Crippen LogP contribution is 2.27. The molecule has 1 nitrogen and oxygen atoms in total. The average Bonchev–Trinajstić information content (AvgIpc) is 2.40. The van der Waals surface area contributed by atoms with Crippen molar-refractivity contribution >= 4 is 11.6 Å². The van der Waals surface area contributed by atoms with Crippen LogP contribution in [0.5, 0.6) is 0 Å². The molecule has 106 valence electrons. The van der Waals surface area contributed by atoms with E-state index in [-0.39, 0.29) is 5.82 Å². The minimum atomic E-state index is -0.399. The highest BCUT2D eigenvalue weighted by atomic mass is 35.5. The Morgan fingerprint density at radius 3 is 2.45 bits per heavy atom. The maximum atomic E-state index is 14.1. The van der Waals surface area contributed by atoms with E-state index in [2.05, 4.69) is 5.32 Å². The Bertz CT molecular complexity index is 613. The summed E-state index contributed by atoms with van der Waals surface area (Å²) in [6, 6.07) is 9.08. The minimum Gasteiger partial charge on any atom is -0.306 e. The summed E-state index contributed by atoms with van der Waals surface area (Å²) < 4.78 is 27.8. The van der Waals surface area contributed by atoms with Crippen LogP contribution >= 0.6 is 11.6 Å². The van der Waals surface area contributed by atoms with E-state index in [4.69, 9.17) is 11.6 Å². The molecule has 2 rings (SSSR count). The highest BCUT2D eigenvalue weighted by molar-refractivity contribution is 6.30. The average molecular weight is 296 g/mol. The highest BCUT2D eigenvalue weighted by Gasteiger charge is 2.18. The SMILES string of the molecule is CCNC(c1ccc(C)c(F)c1)c1ccc(Cl)cc1F. The van der Waals surface area contributed by atoms with Crippen molar-refractivity contribution in [2.45, 2.75) is 19.9 Å². The van der Waals surface area contributed by atoms with Gasteiger partial charge in [0.1, 0.15) is 11.6 Å². The molecule has 0 aliphatic carbocycles. The number of halogens is 3. The summed E-state index contributed by atoms with van der Waals surface area (Å²) in [5.74, 6) is -0.691. The van der Waals surface area contributed by atoms with E-state index in [9.17, 15) is 8.78 Å². The number of hydrogen-bond donors (Lipinski definition) is 1. The van der Waals surface area contributed by atoms with Crippen LogP contribution < -0.4 is 5.32 Å². The van der Waals surface area contributed by atoms with Gasteiger partial charge in [-0.15, -0.1) is 0 Å². The third-order valence-corrected chi connectivity index (χ3v) is 3.45. The van der Waals surface area contributed by atoms with Gasteiger partial charge in [0, 0.05) is 10.6 Å². The van der Waals surface area contributed by atoms with Gasteiger partial charge in [0.25, 0.3) is 0 Å². The lowest BCUT2D eigenvalue weighted by Gasteiger charge is -2.20. The predicted octanol–water partition coefficient (Wildman–Crippen LogP) is 4.63. The second kappa shape index (κ2) is 6.33. The molecule has 0 heterocycles. The van der Waals surface area contributed by atoms with Gasteiger partial charge in [-0.1, -0.05) is 36.7 Å². The van der Waals surface area contributed by atoms with Crippen LogP contribution in [0.1, 0.15) is 29.7 Å². The third-order valence-electron chi connectivity index (χ3n) is 3.21. The molecule has 0 bridgehead atoms. The molecule has 0 aliphatic rings. The fourth-order valence-corrected chi connectivity index (χ4v) is 2.29. The van der Waals surface area contributed by atoms with Crippen LogP contribution in [0.3, 0.4) is 0 Å². The first-order valence-corrected chi connectivity index (χ1v) is 6.85. The summed E-state index contributed by atoms with van der Waals surface area (Å²) in [4.78, 5) is 0. The van der Waals surface area contributed by atoms with Crippen molar-refractivity contribution in [2.24, 2.45) is 0 Å². The number of hydrogen-bond acceptors (Lipinski definition) is 1. The summed E-state index contributed by atoms with van der Waals surface area (Å²) in [6.07, 6.45) is 0. The quantitative estimate of drug-likeness (QED) is 0.867. The maximum Gasteiger partial charge on any atom is 0.129 e. The van der Waals surface area contributed by atoms with E-state index in [1.807, 2.05) is 6.92 Å². The smallest absolute Gasteiger partial charge is 0.129 e. The summed E-state index contributed by atoms with van der Waals surface area (Å²) in [6.45, 7) is 4.26. The molecule has 1 N–H and O–H groups in total. The van der Waals surface area contributed by atoms with E-state index in [1.54, 1.807) is 31.2 Å². The van der Waals surface area contributed by atoms with Crippen molar-refractivity contribution in [3.8, 4) is 0 Å². The van der Waals surface area contributed by atoms with Crippen LogP contribution in [0.15, 0.2) is 36.4 Å². The Kier molecular flexibility index (Phi) is 4.73. The van der Waals surface area contributed by atoms with Gasteiger partial charge < -0.3 is 5.32 Å². The second-order valence-corrected chi connectivity index (χ2v) is 5.10.